The molecule has 4 heterocycles. The Labute approximate surface area is 278 Å². The zero-order chi connectivity index (χ0) is 33.9. The molecule has 14 nitrogen and oxygen atoms in total. The quantitative estimate of drug-likeness (QED) is 0.323. The number of fused-ring (bicyclic) bond motifs is 4. The summed E-state index contributed by atoms with van der Waals surface area (Å²) in [5.41, 5.74) is 2.20. The molecule has 5 aliphatic rings. The fourth-order valence-corrected chi connectivity index (χ4v) is 7.42. The van der Waals surface area contributed by atoms with E-state index in [1.807, 2.05) is 19.1 Å². The van der Waals surface area contributed by atoms with Crippen LogP contribution >= 0.6 is 0 Å². The van der Waals surface area contributed by atoms with Crippen LogP contribution in [0.15, 0.2) is 24.3 Å². The average Bonchev–Trinajstić information content (AvgIpc) is 3.68. The minimum Gasteiger partial charge on any atom is -0.493 e. The minimum absolute atomic E-state index is 0.0500. The third-order valence-electron chi connectivity index (χ3n) is 9.73. The van der Waals surface area contributed by atoms with Gasteiger partial charge in [0.1, 0.15) is 12.2 Å². The standard InChI is InChI=1S/C34H41NO13/c1-15-29(37)32-25(13-41-16(2)45-32)46-34(15)48-30-19-10-22-21(43-14-44-22)9-18(19)27(28-20(30)12-42-33(28)38)17-7-23(39-5)31(24(8-17)40-6)47-26(36)11-35(3)4/h7-10,15-16,20,25,27-30,32,34,37H,11-14H2,1-6H3/t15?,16?,20-,25?,27+,28-,29?,30+,32?,34?/m0/s1. The number of benzene rings is 2. The summed E-state index contributed by atoms with van der Waals surface area (Å²) in [6.07, 6.45) is -3.92. The van der Waals surface area contributed by atoms with E-state index >= 15 is 0 Å². The van der Waals surface area contributed by atoms with Gasteiger partial charge in [-0.15, -0.1) is 0 Å². The first kappa shape index (κ1) is 32.9. The third-order valence-corrected chi connectivity index (χ3v) is 9.73. The van der Waals surface area contributed by atoms with Gasteiger partial charge in [-0.2, -0.15) is 0 Å². The monoisotopic (exact) mass is 671 g/mol. The summed E-state index contributed by atoms with van der Waals surface area (Å²) in [6, 6.07) is 7.24. The number of esters is 2. The third kappa shape index (κ3) is 5.73. The van der Waals surface area contributed by atoms with Crippen molar-refractivity contribution in [3.05, 3.63) is 41.0 Å². The summed E-state index contributed by atoms with van der Waals surface area (Å²) in [5.74, 6) is -1.27. The predicted octanol–water partition coefficient (Wildman–Crippen LogP) is 2.38. The van der Waals surface area contributed by atoms with Crippen molar-refractivity contribution in [3.63, 3.8) is 0 Å². The van der Waals surface area contributed by atoms with Crippen LogP contribution in [0.2, 0.25) is 0 Å². The minimum atomic E-state index is -0.866. The molecular formula is C34H41NO13. The topological polar surface area (TPSA) is 150 Å². The molecule has 0 spiro atoms. The lowest BCUT2D eigenvalue weighted by atomic mass is 9.66. The molecule has 1 N–H and O–H groups in total. The second-order valence-corrected chi connectivity index (χ2v) is 13.0. The van der Waals surface area contributed by atoms with Gasteiger partial charge in [0, 0.05) is 17.8 Å². The Bertz CT molecular complexity index is 1540. The van der Waals surface area contributed by atoms with Gasteiger partial charge in [-0.1, -0.05) is 6.92 Å². The molecule has 10 atom stereocenters. The zero-order valence-corrected chi connectivity index (χ0v) is 27.7. The van der Waals surface area contributed by atoms with Crippen molar-refractivity contribution < 1.29 is 62.1 Å². The largest absolute Gasteiger partial charge is 0.493 e. The molecule has 0 saturated carbocycles. The molecule has 2 aromatic rings. The average molecular weight is 672 g/mol. The maximum atomic E-state index is 13.7. The summed E-state index contributed by atoms with van der Waals surface area (Å²) in [6.45, 7) is 4.08. The van der Waals surface area contributed by atoms with Crippen molar-refractivity contribution in [2.75, 3.05) is 54.9 Å². The molecule has 2 aromatic carbocycles. The van der Waals surface area contributed by atoms with Gasteiger partial charge in [-0.25, -0.2) is 0 Å². The number of likely N-dealkylation sites (N-methyl/N-ethyl adjacent to an activating group) is 1. The highest BCUT2D eigenvalue weighted by molar-refractivity contribution is 5.80. The summed E-state index contributed by atoms with van der Waals surface area (Å²) in [7, 11) is 6.47. The summed E-state index contributed by atoms with van der Waals surface area (Å²) < 4.78 is 59.0. The van der Waals surface area contributed by atoms with E-state index in [1.54, 1.807) is 38.1 Å². The molecule has 48 heavy (non-hydrogen) atoms. The normalized spacial score (nSPS) is 33.4. The van der Waals surface area contributed by atoms with Crippen molar-refractivity contribution in [1.82, 2.24) is 4.90 Å². The Morgan fingerprint density at radius 1 is 0.958 bits per heavy atom. The lowest BCUT2D eigenvalue weighted by molar-refractivity contribution is -0.354. The molecule has 7 rings (SSSR count). The Kier molecular flexibility index (Phi) is 8.89. The van der Waals surface area contributed by atoms with E-state index in [2.05, 4.69) is 0 Å². The SMILES string of the molecule is COc1cc([C@@H]2c3cc4c(cc3[C@@H](OC3OC5COC(C)OC5C(O)C3C)[C@H]3COC(=O)[C@H]23)OCO4)cc(OC)c1OC(=O)CN(C)C. The number of cyclic esters (lactones) is 1. The molecule has 0 amide bonds. The predicted molar refractivity (Wildman–Crippen MR) is 164 cm³/mol. The van der Waals surface area contributed by atoms with Crippen molar-refractivity contribution in [3.8, 4) is 28.7 Å². The van der Waals surface area contributed by atoms with E-state index in [1.165, 1.54) is 14.2 Å². The van der Waals surface area contributed by atoms with E-state index < -0.39 is 66.6 Å². The number of aliphatic hydroxyl groups excluding tert-OH is 1. The number of hydrogen-bond donors (Lipinski definition) is 1. The summed E-state index contributed by atoms with van der Waals surface area (Å²) >= 11 is 0. The number of hydrogen-bond acceptors (Lipinski definition) is 14. The van der Waals surface area contributed by atoms with Crippen LogP contribution in [0.5, 0.6) is 28.7 Å². The Morgan fingerprint density at radius 2 is 1.65 bits per heavy atom. The number of methoxy groups -OCH3 is 2. The van der Waals surface area contributed by atoms with Gasteiger partial charge in [0.15, 0.2) is 35.6 Å². The second kappa shape index (κ2) is 13.0. The first-order valence-corrected chi connectivity index (χ1v) is 16.0. The lowest BCUT2D eigenvalue weighted by Crippen LogP contribution is -2.60. The smallest absolute Gasteiger partial charge is 0.325 e. The van der Waals surface area contributed by atoms with Crippen LogP contribution in [0.1, 0.15) is 42.6 Å². The van der Waals surface area contributed by atoms with Gasteiger partial charge < -0.3 is 52.5 Å². The first-order valence-electron chi connectivity index (χ1n) is 16.0. The van der Waals surface area contributed by atoms with Gasteiger partial charge >= 0.3 is 11.9 Å². The molecule has 1 aliphatic carbocycles. The van der Waals surface area contributed by atoms with Gasteiger partial charge in [0.05, 0.1) is 52.1 Å². The molecule has 6 unspecified atom stereocenters. The van der Waals surface area contributed by atoms with Crippen LogP contribution in [0.25, 0.3) is 0 Å². The maximum Gasteiger partial charge on any atom is 0.325 e. The first-order chi connectivity index (χ1) is 23.1. The van der Waals surface area contributed by atoms with E-state index in [-0.39, 0.29) is 49.8 Å². The molecular weight excluding hydrogens is 630 g/mol. The highest BCUT2D eigenvalue weighted by Crippen LogP contribution is 2.57. The van der Waals surface area contributed by atoms with Crippen LogP contribution in [0, 0.1) is 17.8 Å². The molecule has 0 radical (unpaired) electrons. The van der Waals surface area contributed by atoms with E-state index in [0.717, 1.165) is 11.1 Å². The number of carbonyl (C=O) groups is 2. The molecule has 0 aromatic heterocycles. The number of rotatable bonds is 8. The molecule has 0 bridgehead atoms. The van der Waals surface area contributed by atoms with E-state index in [9.17, 15) is 14.7 Å². The fourth-order valence-electron chi connectivity index (χ4n) is 7.42. The van der Waals surface area contributed by atoms with Crippen LogP contribution < -0.4 is 23.7 Å². The second-order valence-electron chi connectivity index (χ2n) is 13.0. The summed E-state index contributed by atoms with van der Waals surface area (Å²) in [4.78, 5) is 28.0. The van der Waals surface area contributed by atoms with Crippen molar-refractivity contribution >= 4 is 11.9 Å². The van der Waals surface area contributed by atoms with Crippen molar-refractivity contribution in [1.29, 1.82) is 0 Å². The lowest BCUT2D eigenvalue weighted by Gasteiger charge is -2.48. The number of nitrogens with zero attached hydrogens (tertiary/aromatic N) is 1. The Morgan fingerprint density at radius 3 is 2.31 bits per heavy atom. The van der Waals surface area contributed by atoms with Gasteiger partial charge in [-0.05, 0) is 62.0 Å². The highest BCUT2D eigenvalue weighted by Gasteiger charge is 2.55. The van der Waals surface area contributed by atoms with Gasteiger partial charge in [-0.3, -0.25) is 14.5 Å². The highest BCUT2D eigenvalue weighted by atomic mass is 16.7. The van der Waals surface area contributed by atoms with Crippen LogP contribution in [0.3, 0.4) is 0 Å². The Hall–Kier alpha value is -3.66. The van der Waals surface area contributed by atoms with Crippen molar-refractivity contribution in [2.24, 2.45) is 17.8 Å². The van der Waals surface area contributed by atoms with Gasteiger partial charge in [0.25, 0.3) is 0 Å². The molecule has 3 fully saturated rings. The number of carbonyl (C=O) groups excluding carboxylic acids is 2. The molecule has 3 saturated heterocycles. The summed E-state index contributed by atoms with van der Waals surface area (Å²) in [5, 5.41) is 11.2. The van der Waals surface area contributed by atoms with E-state index in [0.29, 0.717) is 17.1 Å². The van der Waals surface area contributed by atoms with Crippen molar-refractivity contribution in [2.45, 2.75) is 56.8 Å². The van der Waals surface area contributed by atoms with Crippen LogP contribution in [-0.2, 0) is 33.3 Å². The molecule has 4 aliphatic heterocycles. The van der Waals surface area contributed by atoms with Crippen LogP contribution in [0.4, 0.5) is 0 Å². The number of ether oxygens (including phenoxy) is 10. The molecule has 260 valence electrons. The van der Waals surface area contributed by atoms with Crippen LogP contribution in [-0.4, -0.2) is 108 Å². The zero-order valence-electron chi connectivity index (χ0n) is 27.7. The van der Waals surface area contributed by atoms with E-state index in [4.69, 9.17) is 47.4 Å². The maximum absolute atomic E-state index is 13.7. The van der Waals surface area contributed by atoms with Gasteiger partial charge in [0.2, 0.25) is 12.5 Å². The fraction of sp³-hybridized carbons (Fsp3) is 0.588. The Balaban J connectivity index is 1.29. The number of aliphatic hydroxyl groups is 1. The molecule has 14 heteroatoms.